The summed E-state index contributed by atoms with van der Waals surface area (Å²) in [4.78, 5) is 24.8. The molecule has 174 valence electrons. The van der Waals surface area contributed by atoms with E-state index in [4.69, 9.17) is 4.74 Å². The van der Waals surface area contributed by atoms with Crippen LogP contribution in [-0.4, -0.2) is 38.3 Å². The minimum atomic E-state index is -3.83. The Labute approximate surface area is 196 Å². The number of hydrogen-bond acceptors (Lipinski definition) is 7. The predicted octanol–water partition coefficient (Wildman–Crippen LogP) is 4.02. The van der Waals surface area contributed by atoms with Gasteiger partial charge in [0.2, 0.25) is 0 Å². The number of benzene rings is 3. The average molecular weight is 480 g/mol. The molecule has 9 nitrogen and oxygen atoms in total. The molecular weight excluding hydrogens is 458 g/mol. The Morgan fingerprint density at radius 3 is 2.53 bits per heavy atom. The van der Waals surface area contributed by atoms with Crippen molar-refractivity contribution in [3.05, 3.63) is 99.1 Å². The van der Waals surface area contributed by atoms with E-state index in [0.29, 0.717) is 16.8 Å². The summed E-state index contributed by atoms with van der Waals surface area (Å²) in [5.41, 5.74) is 2.60. The fraction of sp³-hybridized carbons (Fsp3) is 0.167. The van der Waals surface area contributed by atoms with Crippen LogP contribution in [0.25, 0.3) is 0 Å². The number of carbonyl (C=O) groups is 1. The van der Waals surface area contributed by atoms with Gasteiger partial charge in [-0.3, -0.25) is 10.1 Å². The van der Waals surface area contributed by atoms with Gasteiger partial charge in [0.1, 0.15) is 11.5 Å². The van der Waals surface area contributed by atoms with E-state index in [-0.39, 0.29) is 35.1 Å². The lowest BCUT2D eigenvalue weighted by Crippen LogP contribution is -2.34. The number of rotatable bonds is 6. The second kappa shape index (κ2) is 9.06. The monoisotopic (exact) mass is 479 g/mol. The summed E-state index contributed by atoms with van der Waals surface area (Å²) in [5.74, 6) is -0.382. The van der Waals surface area contributed by atoms with Crippen LogP contribution in [0.3, 0.4) is 0 Å². The maximum Gasteiger partial charge on any atom is 0.338 e. The molecule has 0 aliphatic carbocycles. The molecule has 0 saturated heterocycles. The van der Waals surface area contributed by atoms with Gasteiger partial charge < -0.3 is 9.64 Å². The highest BCUT2D eigenvalue weighted by molar-refractivity contribution is 7.90. The van der Waals surface area contributed by atoms with Crippen molar-refractivity contribution >= 4 is 33.2 Å². The van der Waals surface area contributed by atoms with E-state index >= 15 is 0 Å². The number of nitrogens with zero attached hydrogens (tertiary/aromatic N) is 3. The lowest BCUT2D eigenvalue weighted by atomic mass is 10.1. The maximum absolute atomic E-state index is 12.6. The number of fused-ring (bicyclic) bond motifs is 1. The summed E-state index contributed by atoms with van der Waals surface area (Å²) in [6.07, 6.45) is 0. The number of nitro benzene ring substituents is 1. The van der Waals surface area contributed by atoms with Gasteiger partial charge in [0.05, 0.1) is 17.0 Å². The van der Waals surface area contributed by atoms with Gasteiger partial charge in [0, 0.05) is 22.9 Å². The molecule has 0 N–H and O–H groups in total. The summed E-state index contributed by atoms with van der Waals surface area (Å²) in [6, 6.07) is 18.1. The van der Waals surface area contributed by atoms with Crippen LogP contribution in [0, 0.1) is 24.0 Å². The summed E-state index contributed by atoms with van der Waals surface area (Å²) in [5, 5.41) is 11.0. The number of sulfonamides is 1. The highest BCUT2D eigenvalue weighted by atomic mass is 32.2. The van der Waals surface area contributed by atoms with E-state index in [1.165, 1.54) is 24.3 Å². The molecule has 3 aromatic carbocycles. The van der Waals surface area contributed by atoms with E-state index in [1.807, 2.05) is 31.2 Å². The molecule has 34 heavy (non-hydrogen) atoms. The number of anilines is 1. The van der Waals surface area contributed by atoms with E-state index in [9.17, 15) is 23.3 Å². The zero-order valence-electron chi connectivity index (χ0n) is 18.5. The lowest BCUT2D eigenvalue weighted by molar-refractivity contribution is -0.385. The van der Waals surface area contributed by atoms with Gasteiger partial charge in [-0.05, 0) is 55.8 Å². The number of amidine groups is 1. The van der Waals surface area contributed by atoms with Crippen molar-refractivity contribution in [3.63, 3.8) is 0 Å². The van der Waals surface area contributed by atoms with Gasteiger partial charge in [-0.25, -0.2) is 4.79 Å². The molecule has 0 spiro atoms. The van der Waals surface area contributed by atoms with Crippen LogP contribution in [0.1, 0.15) is 27.0 Å². The minimum Gasteiger partial charge on any atom is -0.460 e. The van der Waals surface area contributed by atoms with E-state index in [1.54, 1.807) is 30.0 Å². The summed E-state index contributed by atoms with van der Waals surface area (Å²) >= 11 is 0. The molecule has 0 unspecified atom stereocenters. The number of aryl methyl sites for hydroxylation is 2. The topological polar surface area (TPSA) is 119 Å². The lowest BCUT2D eigenvalue weighted by Gasteiger charge is -2.25. The fourth-order valence-electron chi connectivity index (χ4n) is 3.74. The Kier molecular flexibility index (Phi) is 6.16. The zero-order valence-corrected chi connectivity index (χ0v) is 19.3. The molecule has 0 atom stereocenters. The SMILES string of the molecule is Cc1cccc(N(CCOC(=O)c2ccc([N+](=O)[O-])c(C)c2)C2=NS(=O)(=O)c3ccccc32)c1. The van der Waals surface area contributed by atoms with Crippen LogP contribution in [0.5, 0.6) is 0 Å². The summed E-state index contributed by atoms with van der Waals surface area (Å²) in [6.45, 7) is 3.54. The van der Waals surface area contributed by atoms with Gasteiger partial charge in [-0.15, -0.1) is 4.40 Å². The van der Waals surface area contributed by atoms with Crippen LogP contribution in [0.4, 0.5) is 11.4 Å². The Bertz CT molecular complexity index is 1430. The van der Waals surface area contributed by atoms with Crippen molar-refractivity contribution in [2.45, 2.75) is 18.7 Å². The normalized spacial score (nSPS) is 13.6. The molecule has 0 aromatic heterocycles. The first-order chi connectivity index (χ1) is 16.2. The average Bonchev–Trinajstić information content (AvgIpc) is 3.07. The Hall–Kier alpha value is -4.05. The third kappa shape index (κ3) is 4.53. The van der Waals surface area contributed by atoms with Crippen LogP contribution >= 0.6 is 0 Å². The second-order valence-corrected chi connectivity index (χ2v) is 9.34. The van der Waals surface area contributed by atoms with Crippen molar-refractivity contribution < 1.29 is 22.9 Å². The zero-order chi connectivity index (χ0) is 24.5. The fourth-order valence-corrected chi connectivity index (χ4v) is 4.95. The number of hydrogen-bond donors (Lipinski definition) is 0. The van der Waals surface area contributed by atoms with Gasteiger partial charge in [-0.2, -0.15) is 8.42 Å². The Morgan fingerprint density at radius 1 is 1.06 bits per heavy atom. The first-order valence-corrected chi connectivity index (χ1v) is 11.8. The van der Waals surface area contributed by atoms with Crippen LogP contribution < -0.4 is 4.90 Å². The second-order valence-electron chi connectivity index (χ2n) is 7.77. The van der Waals surface area contributed by atoms with Crippen LogP contribution in [-0.2, 0) is 14.8 Å². The van der Waals surface area contributed by atoms with Crippen LogP contribution in [0.15, 0.2) is 76.0 Å². The molecule has 3 aromatic rings. The first kappa shape index (κ1) is 23.1. The first-order valence-electron chi connectivity index (χ1n) is 10.4. The summed E-state index contributed by atoms with van der Waals surface area (Å²) < 4.78 is 34.6. The number of nitro groups is 1. The highest BCUT2D eigenvalue weighted by Crippen LogP contribution is 2.30. The molecule has 4 rings (SSSR count). The highest BCUT2D eigenvalue weighted by Gasteiger charge is 2.32. The van der Waals surface area contributed by atoms with Gasteiger partial charge >= 0.3 is 5.97 Å². The third-order valence-corrected chi connectivity index (χ3v) is 6.68. The Morgan fingerprint density at radius 2 is 1.82 bits per heavy atom. The molecule has 0 radical (unpaired) electrons. The molecule has 0 saturated carbocycles. The molecule has 0 amide bonds. The predicted molar refractivity (Wildman–Crippen MR) is 127 cm³/mol. The van der Waals surface area contributed by atoms with Crippen molar-refractivity contribution in [2.24, 2.45) is 4.40 Å². The molecule has 0 fully saturated rings. The molecule has 1 aliphatic rings. The van der Waals surface area contributed by atoms with E-state index in [2.05, 4.69) is 4.40 Å². The quantitative estimate of drug-likeness (QED) is 0.297. The molecule has 0 bridgehead atoms. The van der Waals surface area contributed by atoms with Crippen molar-refractivity contribution in [1.29, 1.82) is 0 Å². The molecule has 10 heteroatoms. The van der Waals surface area contributed by atoms with Gasteiger partial charge in [-0.1, -0.05) is 24.3 Å². The number of carbonyl (C=O) groups excluding carboxylic acids is 1. The van der Waals surface area contributed by atoms with Gasteiger partial charge in [0.15, 0.2) is 5.84 Å². The number of esters is 1. The maximum atomic E-state index is 12.6. The van der Waals surface area contributed by atoms with Crippen molar-refractivity contribution in [1.82, 2.24) is 0 Å². The molecule has 1 aliphatic heterocycles. The molecule has 1 heterocycles. The van der Waals surface area contributed by atoms with Crippen LogP contribution in [0.2, 0.25) is 0 Å². The standard InChI is InChI=1S/C24H21N3O6S/c1-16-6-5-7-19(14-16)26(23-20-8-3-4-9-22(20)34(31,32)25-23)12-13-33-24(28)18-10-11-21(27(29)30)17(2)15-18/h3-11,14-15H,12-13H2,1-2H3. The molecular formula is C24H21N3O6S. The van der Waals surface area contributed by atoms with Gasteiger partial charge in [0.25, 0.3) is 15.7 Å². The van der Waals surface area contributed by atoms with Crippen molar-refractivity contribution in [3.8, 4) is 0 Å². The van der Waals surface area contributed by atoms with E-state index < -0.39 is 20.9 Å². The number of ether oxygens (including phenoxy) is 1. The van der Waals surface area contributed by atoms with Crippen molar-refractivity contribution in [2.75, 3.05) is 18.1 Å². The summed E-state index contributed by atoms with van der Waals surface area (Å²) in [7, 11) is -3.83. The van der Waals surface area contributed by atoms with E-state index in [0.717, 1.165) is 5.56 Å². The Balaban J connectivity index is 1.58. The minimum absolute atomic E-state index is 0.0654. The largest absolute Gasteiger partial charge is 0.460 e. The third-order valence-electron chi connectivity index (χ3n) is 5.36. The smallest absolute Gasteiger partial charge is 0.338 e.